The fourth-order valence-corrected chi connectivity index (χ4v) is 8.68. The normalized spacial score (nSPS) is 19.2. The van der Waals surface area contributed by atoms with Crippen LogP contribution in [0.5, 0.6) is 5.75 Å². The van der Waals surface area contributed by atoms with Crippen LogP contribution in [0.25, 0.3) is 11.1 Å². The van der Waals surface area contributed by atoms with Crippen molar-refractivity contribution in [1.82, 2.24) is 0 Å². The van der Waals surface area contributed by atoms with Gasteiger partial charge in [0, 0.05) is 18.6 Å². The maximum absolute atomic E-state index is 15.1. The second-order valence-corrected chi connectivity index (χ2v) is 15.2. The fourth-order valence-electron chi connectivity index (χ4n) is 5.11. The van der Waals surface area contributed by atoms with Crippen molar-refractivity contribution >= 4 is 8.07 Å². The zero-order valence-corrected chi connectivity index (χ0v) is 20.8. The van der Waals surface area contributed by atoms with Crippen molar-refractivity contribution in [2.75, 3.05) is 13.2 Å². The summed E-state index contributed by atoms with van der Waals surface area (Å²) in [5.74, 6) is -0.664. The summed E-state index contributed by atoms with van der Waals surface area (Å²) in [6, 6.07) is 11.9. The zero-order chi connectivity index (χ0) is 23.1. The lowest BCUT2D eigenvalue weighted by molar-refractivity contribution is 0.233. The first-order valence-corrected chi connectivity index (χ1v) is 15.5. The Morgan fingerprint density at radius 2 is 1.62 bits per heavy atom. The molecule has 0 heterocycles. The summed E-state index contributed by atoms with van der Waals surface area (Å²) in [6.07, 6.45) is 7.34. The van der Waals surface area contributed by atoms with Crippen LogP contribution in [0.4, 0.5) is 8.78 Å². The summed E-state index contributed by atoms with van der Waals surface area (Å²) < 4.78 is 35.6. The van der Waals surface area contributed by atoms with Crippen LogP contribution in [0.15, 0.2) is 36.4 Å². The second kappa shape index (κ2) is 11.4. The van der Waals surface area contributed by atoms with Crippen molar-refractivity contribution in [3.63, 3.8) is 0 Å². The Balaban J connectivity index is 1.68. The van der Waals surface area contributed by atoms with Crippen LogP contribution in [-0.4, -0.2) is 26.4 Å². The molecular formula is C27H38F2O2Si. The van der Waals surface area contributed by atoms with E-state index in [1.54, 1.807) is 36.4 Å². The first-order valence-electron chi connectivity index (χ1n) is 12.2. The van der Waals surface area contributed by atoms with Crippen molar-refractivity contribution in [1.29, 1.82) is 0 Å². The molecule has 0 spiro atoms. The van der Waals surface area contributed by atoms with E-state index in [-0.39, 0.29) is 18.1 Å². The van der Waals surface area contributed by atoms with Gasteiger partial charge in [-0.1, -0.05) is 76.0 Å². The first-order chi connectivity index (χ1) is 15.4. The molecule has 0 atom stereocenters. The summed E-state index contributed by atoms with van der Waals surface area (Å²) in [6.45, 7) is 7.77. The minimum Gasteiger partial charge on any atom is -0.494 e. The predicted molar refractivity (Wildman–Crippen MR) is 131 cm³/mol. The number of unbranched alkanes of at least 4 members (excludes halogenated alkanes) is 1. The van der Waals surface area contributed by atoms with E-state index in [0.29, 0.717) is 29.9 Å². The molecule has 3 rings (SSSR count). The molecule has 1 aliphatic carbocycles. The monoisotopic (exact) mass is 460 g/mol. The van der Waals surface area contributed by atoms with Crippen molar-refractivity contribution in [3.05, 3.63) is 53.6 Å². The molecule has 0 bridgehead atoms. The summed E-state index contributed by atoms with van der Waals surface area (Å²) in [7, 11) is -1.24. The van der Waals surface area contributed by atoms with E-state index in [4.69, 9.17) is 9.84 Å². The Bertz CT molecular complexity index is 859. The van der Waals surface area contributed by atoms with Gasteiger partial charge in [0.15, 0.2) is 11.6 Å². The minimum atomic E-state index is -1.24. The van der Waals surface area contributed by atoms with Gasteiger partial charge in [-0.25, -0.2) is 8.78 Å². The molecule has 176 valence electrons. The van der Waals surface area contributed by atoms with Gasteiger partial charge in [0.2, 0.25) is 0 Å². The van der Waals surface area contributed by atoms with Crippen LogP contribution < -0.4 is 4.74 Å². The topological polar surface area (TPSA) is 29.5 Å². The van der Waals surface area contributed by atoms with Gasteiger partial charge in [0.1, 0.15) is 5.75 Å². The molecule has 0 saturated heterocycles. The smallest absolute Gasteiger partial charge is 0.166 e. The standard InChI is InChI=1S/C27H38F2O2Si/c1-4-5-19-32(2,3)23-13-9-21(10-14-23)25-16-15-24(26(28)27(25)29)20-7-11-22(12-8-20)31-18-6-17-30/h7-8,11-12,15-16,21,23,30H,4-6,9-10,13-14,17-19H2,1-3H3. The van der Waals surface area contributed by atoms with Crippen LogP contribution >= 0.6 is 0 Å². The number of halogens is 2. The molecule has 1 saturated carbocycles. The van der Waals surface area contributed by atoms with Gasteiger partial charge in [0.25, 0.3) is 0 Å². The number of benzene rings is 2. The molecule has 5 heteroatoms. The van der Waals surface area contributed by atoms with Gasteiger partial charge in [0.05, 0.1) is 14.7 Å². The number of aliphatic hydroxyl groups excluding tert-OH is 1. The van der Waals surface area contributed by atoms with E-state index in [1.165, 1.54) is 18.9 Å². The molecule has 2 aromatic rings. The highest BCUT2D eigenvalue weighted by molar-refractivity contribution is 6.78. The summed E-state index contributed by atoms with van der Waals surface area (Å²) in [4.78, 5) is 0. The third-order valence-corrected chi connectivity index (χ3v) is 11.7. The number of rotatable bonds is 10. The quantitative estimate of drug-likeness (QED) is 0.288. The largest absolute Gasteiger partial charge is 0.494 e. The van der Waals surface area contributed by atoms with E-state index < -0.39 is 19.7 Å². The molecule has 0 amide bonds. The summed E-state index contributed by atoms with van der Waals surface area (Å²) >= 11 is 0. The Labute approximate surface area is 193 Å². The Morgan fingerprint density at radius 3 is 2.25 bits per heavy atom. The van der Waals surface area contributed by atoms with Gasteiger partial charge in [-0.2, -0.15) is 0 Å². The maximum atomic E-state index is 15.1. The lowest BCUT2D eigenvalue weighted by Crippen LogP contribution is -2.34. The lowest BCUT2D eigenvalue weighted by atomic mass is 9.83. The maximum Gasteiger partial charge on any atom is 0.166 e. The third kappa shape index (κ3) is 5.99. The molecule has 0 aromatic heterocycles. The molecule has 0 radical (unpaired) electrons. The average Bonchev–Trinajstić information content (AvgIpc) is 2.80. The Morgan fingerprint density at radius 1 is 0.938 bits per heavy atom. The van der Waals surface area contributed by atoms with E-state index in [2.05, 4.69) is 20.0 Å². The lowest BCUT2D eigenvalue weighted by Gasteiger charge is -2.38. The fraction of sp³-hybridized carbons (Fsp3) is 0.556. The Hall–Kier alpha value is -1.72. The van der Waals surface area contributed by atoms with E-state index in [9.17, 15) is 0 Å². The first kappa shape index (κ1) is 24.9. The molecule has 32 heavy (non-hydrogen) atoms. The predicted octanol–water partition coefficient (Wildman–Crippen LogP) is 7.93. The molecule has 1 N–H and O–H groups in total. The zero-order valence-electron chi connectivity index (χ0n) is 19.8. The van der Waals surface area contributed by atoms with Gasteiger partial charge < -0.3 is 9.84 Å². The van der Waals surface area contributed by atoms with Gasteiger partial charge >= 0.3 is 0 Å². The van der Waals surface area contributed by atoms with Crippen molar-refractivity contribution < 1.29 is 18.6 Å². The van der Waals surface area contributed by atoms with Gasteiger partial charge in [-0.15, -0.1) is 0 Å². The van der Waals surface area contributed by atoms with Crippen LogP contribution in [0.1, 0.15) is 63.4 Å². The number of hydrogen-bond donors (Lipinski definition) is 1. The number of aliphatic hydroxyl groups is 1. The van der Waals surface area contributed by atoms with E-state index in [1.807, 2.05) is 0 Å². The minimum absolute atomic E-state index is 0.0785. The average molecular weight is 461 g/mol. The van der Waals surface area contributed by atoms with Crippen LogP contribution in [0.2, 0.25) is 24.7 Å². The SMILES string of the molecule is CCCC[Si](C)(C)C1CCC(c2ccc(-c3ccc(OCCCO)cc3)c(F)c2F)CC1. The summed E-state index contributed by atoms with van der Waals surface area (Å²) in [5.41, 5.74) is 2.27. The molecule has 2 aromatic carbocycles. The number of hydrogen-bond acceptors (Lipinski definition) is 2. The van der Waals surface area contributed by atoms with Crippen molar-refractivity contribution in [3.8, 4) is 16.9 Å². The van der Waals surface area contributed by atoms with Crippen molar-refractivity contribution in [2.24, 2.45) is 0 Å². The molecule has 1 fully saturated rings. The van der Waals surface area contributed by atoms with Crippen molar-refractivity contribution in [2.45, 2.75) is 82.5 Å². The highest BCUT2D eigenvalue weighted by Crippen LogP contribution is 2.46. The van der Waals surface area contributed by atoms with Crippen LogP contribution in [0.3, 0.4) is 0 Å². The van der Waals surface area contributed by atoms with Gasteiger partial charge in [-0.05, 0) is 47.6 Å². The highest BCUT2D eigenvalue weighted by Gasteiger charge is 2.35. The van der Waals surface area contributed by atoms with E-state index in [0.717, 1.165) is 31.2 Å². The number of ether oxygens (including phenoxy) is 1. The van der Waals surface area contributed by atoms with E-state index >= 15 is 8.78 Å². The summed E-state index contributed by atoms with van der Waals surface area (Å²) in [5, 5.41) is 8.83. The second-order valence-electron chi connectivity index (χ2n) is 9.92. The molecule has 2 nitrogen and oxygen atoms in total. The highest BCUT2D eigenvalue weighted by atomic mass is 28.3. The molecular weight excluding hydrogens is 422 g/mol. The van der Waals surface area contributed by atoms with Crippen LogP contribution in [-0.2, 0) is 0 Å². The molecule has 1 aliphatic rings. The Kier molecular flexibility index (Phi) is 8.89. The molecule has 0 unspecified atom stereocenters. The van der Waals surface area contributed by atoms with Crippen LogP contribution in [0, 0.1) is 11.6 Å². The van der Waals surface area contributed by atoms with Gasteiger partial charge in [-0.3, -0.25) is 0 Å². The molecule has 0 aliphatic heterocycles. The third-order valence-electron chi connectivity index (χ3n) is 7.30.